The van der Waals surface area contributed by atoms with Crippen LogP contribution in [0, 0.1) is 5.82 Å². The highest BCUT2D eigenvalue weighted by atomic mass is 35.5. The summed E-state index contributed by atoms with van der Waals surface area (Å²) < 4.78 is 24.1. The number of ether oxygens (including phenoxy) is 2. The predicted molar refractivity (Wildman–Crippen MR) is 76.9 cm³/mol. The molecule has 0 saturated carbocycles. The van der Waals surface area contributed by atoms with Gasteiger partial charge in [-0.15, -0.1) is 0 Å². The lowest BCUT2D eigenvalue weighted by molar-refractivity contribution is 0.292. The van der Waals surface area contributed by atoms with Crippen molar-refractivity contribution in [1.29, 1.82) is 0 Å². The van der Waals surface area contributed by atoms with Gasteiger partial charge in [-0.3, -0.25) is 0 Å². The lowest BCUT2D eigenvalue weighted by atomic mass is 10.3. The lowest BCUT2D eigenvalue weighted by Crippen LogP contribution is -2.05. The van der Waals surface area contributed by atoms with Gasteiger partial charge in [0.05, 0.1) is 19.4 Å². The monoisotopic (exact) mass is 312 g/mol. The van der Waals surface area contributed by atoms with Crippen LogP contribution in [0.5, 0.6) is 11.8 Å². The first-order valence-corrected chi connectivity index (χ1v) is 6.65. The fraction of sp³-hybridized carbons (Fsp3) is 0.308. The third kappa shape index (κ3) is 4.16. The molecular formula is C13H14ClFN4O2. The van der Waals surface area contributed by atoms with Crippen LogP contribution in [-0.4, -0.2) is 28.7 Å². The Labute approximate surface area is 126 Å². The summed E-state index contributed by atoms with van der Waals surface area (Å²) in [5.74, 6) is 0.123. The molecule has 0 amide bonds. The normalized spacial score (nSPS) is 10.3. The summed E-state index contributed by atoms with van der Waals surface area (Å²) in [6, 6.07) is 4.36. The molecule has 1 N–H and O–H groups in total. The number of benzene rings is 1. The van der Waals surface area contributed by atoms with E-state index in [0.29, 0.717) is 12.4 Å². The van der Waals surface area contributed by atoms with E-state index in [1.807, 2.05) is 6.92 Å². The minimum atomic E-state index is -0.469. The number of halogens is 2. The van der Waals surface area contributed by atoms with Crippen LogP contribution in [0.2, 0.25) is 5.28 Å². The molecule has 1 aromatic heterocycles. The molecule has 0 saturated heterocycles. The molecular weight excluding hydrogens is 299 g/mol. The molecule has 8 heteroatoms. The van der Waals surface area contributed by atoms with Crippen molar-refractivity contribution in [3.8, 4) is 11.8 Å². The topological polar surface area (TPSA) is 69.2 Å². The van der Waals surface area contributed by atoms with E-state index in [0.717, 1.165) is 6.42 Å². The van der Waals surface area contributed by atoms with Crippen molar-refractivity contribution >= 4 is 23.2 Å². The average Bonchev–Trinajstić information content (AvgIpc) is 2.47. The maximum absolute atomic E-state index is 13.7. The van der Waals surface area contributed by atoms with Crippen LogP contribution in [-0.2, 0) is 0 Å². The molecule has 1 aromatic carbocycles. The Balaban J connectivity index is 2.24. The zero-order chi connectivity index (χ0) is 15.2. The van der Waals surface area contributed by atoms with Crippen molar-refractivity contribution in [1.82, 2.24) is 15.0 Å². The molecule has 0 aliphatic heterocycles. The van der Waals surface area contributed by atoms with Gasteiger partial charge in [-0.1, -0.05) is 6.92 Å². The second-order valence-corrected chi connectivity index (χ2v) is 4.37. The summed E-state index contributed by atoms with van der Waals surface area (Å²) in [5, 5.41) is 2.68. The highest BCUT2D eigenvalue weighted by molar-refractivity contribution is 6.28. The van der Waals surface area contributed by atoms with Gasteiger partial charge in [-0.2, -0.15) is 15.0 Å². The summed E-state index contributed by atoms with van der Waals surface area (Å²) in [6.45, 7) is 2.40. The molecule has 0 fully saturated rings. The number of nitrogens with zero attached hydrogens (tertiary/aromatic N) is 3. The van der Waals surface area contributed by atoms with E-state index in [2.05, 4.69) is 20.3 Å². The summed E-state index contributed by atoms with van der Waals surface area (Å²) in [7, 11) is 1.49. The highest BCUT2D eigenvalue weighted by Crippen LogP contribution is 2.24. The smallest absolute Gasteiger partial charge is 0.322 e. The fourth-order valence-corrected chi connectivity index (χ4v) is 1.65. The van der Waals surface area contributed by atoms with E-state index in [4.69, 9.17) is 21.1 Å². The van der Waals surface area contributed by atoms with Crippen LogP contribution in [0.15, 0.2) is 18.2 Å². The maximum Gasteiger partial charge on any atom is 0.322 e. The second kappa shape index (κ2) is 7.03. The maximum atomic E-state index is 13.7. The van der Waals surface area contributed by atoms with Crippen molar-refractivity contribution in [2.75, 3.05) is 19.0 Å². The number of anilines is 2. The number of aromatic nitrogens is 3. The molecule has 2 aromatic rings. The van der Waals surface area contributed by atoms with Crippen molar-refractivity contribution in [3.63, 3.8) is 0 Å². The third-order valence-corrected chi connectivity index (χ3v) is 2.61. The minimum absolute atomic E-state index is 0.0399. The van der Waals surface area contributed by atoms with E-state index in [9.17, 15) is 4.39 Å². The molecule has 112 valence electrons. The highest BCUT2D eigenvalue weighted by Gasteiger charge is 2.10. The molecule has 1 heterocycles. The standard InChI is InChI=1S/C13H14ClFN4O2/c1-3-6-21-13-18-11(14)17-12(19-13)16-10-7-8(20-2)4-5-9(10)15/h4-5,7H,3,6H2,1-2H3,(H,16,17,18,19). The van der Waals surface area contributed by atoms with Crippen LogP contribution in [0.3, 0.4) is 0 Å². The van der Waals surface area contributed by atoms with Gasteiger partial charge in [-0.25, -0.2) is 4.39 Å². The SMILES string of the molecule is CCCOc1nc(Cl)nc(Nc2cc(OC)ccc2F)n1. The molecule has 0 unspecified atom stereocenters. The Kier molecular flexibility index (Phi) is 5.10. The number of methoxy groups -OCH3 is 1. The van der Waals surface area contributed by atoms with Gasteiger partial charge in [0, 0.05) is 6.07 Å². The van der Waals surface area contributed by atoms with Gasteiger partial charge in [0.2, 0.25) is 11.2 Å². The predicted octanol–water partition coefficient (Wildman–Crippen LogP) is 3.21. The Bertz CT molecular complexity index is 627. The Hall–Kier alpha value is -2.15. The van der Waals surface area contributed by atoms with Crippen LogP contribution in [0.4, 0.5) is 16.0 Å². The summed E-state index contributed by atoms with van der Waals surface area (Å²) in [5.41, 5.74) is 0.165. The van der Waals surface area contributed by atoms with E-state index in [1.165, 1.54) is 25.3 Å². The fourth-order valence-electron chi connectivity index (χ4n) is 1.49. The molecule has 0 spiro atoms. The van der Waals surface area contributed by atoms with Crippen LogP contribution in [0.1, 0.15) is 13.3 Å². The summed E-state index contributed by atoms with van der Waals surface area (Å²) >= 11 is 5.79. The Morgan fingerprint density at radius 1 is 1.29 bits per heavy atom. The molecule has 0 aliphatic rings. The molecule has 0 radical (unpaired) electrons. The van der Waals surface area contributed by atoms with E-state index < -0.39 is 5.82 Å². The first-order chi connectivity index (χ1) is 10.1. The molecule has 0 atom stereocenters. The second-order valence-electron chi connectivity index (χ2n) is 4.03. The average molecular weight is 313 g/mol. The first-order valence-electron chi connectivity index (χ1n) is 6.27. The minimum Gasteiger partial charge on any atom is -0.497 e. The van der Waals surface area contributed by atoms with Crippen LogP contribution >= 0.6 is 11.6 Å². The van der Waals surface area contributed by atoms with Crippen molar-refractivity contribution < 1.29 is 13.9 Å². The Morgan fingerprint density at radius 2 is 2.10 bits per heavy atom. The number of nitrogens with one attached hydrogen (secondary N) is 1. The van der Waals surface area contributed by atoms with Gasteiger partial charge < -0.3 is 14.8 Å². The third-order valence-electron chi connectivity index (χ3n) is 2.44. The van der Waals surface area contributed by atoms with Gasteiger partial charge in [-0.05, 0) is 30.2 Å². The number of rotatable bonds is 6. The van der Waals surface area contributed by atoms with E-state index in [-0.39, 0.29) is 22.9 Å². The van der Waals surface area contributed by atoms with Gasteiger partial charge in [0.1, 0.15) is 11.6 Å². The zero-order valence-electron chi connectivity index (χ0n) is 11.6. The van der Waals surface area contributed by atoms with Crippen LogP contribution in [0.25, 0.3) is 0 Å². The quantitative estimate of drug-likeness (QED) is 0.883. The van der Waals surface area contributed by atoms with Crippen molar-refractivity contribution in [3.05, 3.63) is 29.3 Å². The number of hydrogen-bond acceptors (Lipinski definition) is 6. The molecule has 0 aliphatic carbocycles. The van der Waals surface area contributed by atoms with E-state index in [1.54, 1.807) is 0 Å². The van der Waals surface area contributed by atoms with Crippen molar-refractivity contribution in [2.24, 2.45) is 0 Å². The molecule has 0 bridgehead atoms. The lowest BCUT2D eigenvalue weighted by Gasteiger charge is -2.09. The van der Waals surface area contributed by atoms with Gasteiger partial charge >= 0.3 is 6.01 Å². The van der Waals surface area contributed by atoms with E-state index >= 15 is 0 Å². The van der Waals surface area contributed by atoms with Crippen LogP contribution < -0.4 is 14.8 Å². The zero-order valence-corrected chi connectivity index (χ0v) is 12.3. The largest absolute Gasteiger partial charge is 0.497 e. The molecule has 2 rings (SSSR count). The summed E-state index contributed by atoms with van der Waals surface area (Å²) in [4.78, 5) is 11.7. The van der Waals surface area contributed by atoms with Gasteiger partial charge in [0.15, 0.2) is 0 Å². The van der Waals surface area contributed by atoms with Gasteiger partial charge in [0.25, 0.3) is 0 Å². The number of hydrogen-bond donors (Lipinski definition) is 1. The first kappa shape index (κ1) is 15.2. The Morgan fingerprint density at radius 3 is 2.81 bits per heavy atom. The summed E-state index contributed by atoms with van der Waals surface area (Å²) in [6.07, 6.45) is 0.802. The molecule has 21 heavy (non-hydrogen) atoms. The molecule has 6 nitrogen and oxygen atoms in total. The van der Waals surface area contributed by atoms with Crippen molar-refractivity contribution in [2.45, 2.75) is 13.3 Å².